The lowest BCUT2D eigenvalue weighted by Crippen LogP contribution is -2.55. The van der Waals surface area contributed by atoms with Gasteiger partial charge in [0.05, 0.1) is 0 Å². The summed E-state index contributed by atoms with van der Waals surface area (Å²) in [6, 6.07) is 10.8. The molecule has 2 fully saturated rings. The van der Waals surface area contributed by atoms with Gasteiger partial charge in [0.25, 0.3) is 0 Å². The van der Waals surface area contributed by atoms with E-state index in [1.54, 1.807) is 0 Å². The maximum Gasteiger partial charge on any atom is 0.0470 e. The van der Waals surface area contributed by atoms with Crippen molar-refractivity contribution in [2.24, 2.45) is 5.73 Å². The molecule has 3 nitrogen and oxygen atoms in total. The Morgan fingerprint density at radius 3 is 2.33 bits per heavy atom. The van der Waals surface area contributed by atoms with Gasteiger partial charge in [0.1, 0.15) is 0 Å². The molecule has 0 saturated carbocycles. The third kappa shape index (κ3) is 3.47. The molecule has 1 aromatic carbocycles. The van der Waals surface area contributed by atoms with Gasteiger partial charge in [-0.3, -0.25) is 9.80 Å². The van der Waals surface area contributed by atoms with E-state index >= 15 is 0 Å². The average molecular weight is 287 g/mol. The standard InChI is InChI=1S/C18H29N3/c19-15-18(21-11-6-1-2-7-12-21)10-13-20(16-18)14-17-8-4-3-5-9-17/h3-5,8-9H,1-2,6-7,10-16,19H2. The molecule has 2 N–H and O–H groups in total. The number of likely N-dealkylation sites (tertiary alicyclic amines) is 2. The number of rotatable bonds is 4. The first-order valence-electron chi connectivity index (χ1n) is 8.54. The Morgan fingerprint density at radius 1 is 0.952 bits per heavy atom. The van der Waals surface area contributed by atoms with Crippen LogP contribution in [0, 0.1) is 0 Å². The normalized spacial score (nSPS) is 28.6. The van der Waals surface area contributed by atoms with Crippen molar-refractivity contribution in [3.63, 3.8) is 0 Å². The van der Waals surface area contributed by atoms with E-state index in [9.17, 15) is 0 Å². The van der Waals surface area contributed by atoms with Crippen molar-refractivity contribution < 1.29 is 0 Å². The first kappa shape index (κ1) is 15.0. The van der Waals surface area contributed by atoms with Crippen LogP contribution < -0.4 is 5.73 Å². The van der Waals surface area contributed by atoms with E-state index in [1.165, 1.54) is 57.3 Å². The van der Waals surface area contributed by atoms with Crippen molar-refractivity contribution in [3.8, 4) is 0 Å². The van der Waals surface area contributed by atoms with Crippen molar-refractivity contribution >= 4 is 0 Å². The summed E-state index contributed by atoms with van der Waals surface area (Å²) < 4.78 is 0. The van der Waals surface area contributed by atoms with E-state index in [0.717, 1.165) is 19.6 Å². The molecule has 0 radical (unpaired) electrons. The lowest BCUT2D eigenvalue weighted by Gasteiger charge is -2.40. The Balaban J connectivity index is 1.64. The zero-order valence-corrected chi connectivity index (χ0v) is 13.1. The zero-order valence-electron chi connectivity index (χ0n) is 13.1. The summed E-state index contributed by atoms with van der Waals surface area (Å²) in [6.45, 7) is 6.68. The summed E-state index contributed by atoms with van der Waals surface area (Å²) in [5.41, 5.74) is 7.89. The van der Waals surface area contributed by atoms with E-state index in [0.29, 0.717) is 0 Å². The van der Waals surface area contributed by atoms with Gasteiger partial charge < -0.3 is 5.73 Å². The minimum atomic E-state index is 0.235. The van der Waals surface area contributed by atoms with Crippen molar-refractivity contribution in [1.29, 1.82) is 0 Å². The Bertz CT molecular complexity index is 425. The molecule has 3 rings (SSSR count). The summed E-state index contributed by atoms with van der Waals surface area (Å²) in [5.74, 6) is 0. The second-order valence-corrected chi connectivity index (χ2v) is 6.78. The van der Waals surface area contributed by atoms with E-state index in [2.05, 4.69) is 40.1 Å². The highest BCUT2D eigenvalue weighted by atomic mass is 15.3. The van der Waals surface area contributed by atoms with Gasteiger partial charge in [-0.05, 0) is 37.9 Å². The van der Waals surface area contributed by atoms with Crippen molar-refractivity contribution in [1.82, 2.24) is 9.80 Å². The first-order valence-corrected chi connectivity index (χ1v) is 8.54. The van der Waals surface area contributed by atoms with Crippen LogP contribution in [0.5, 0.6) is 0 Å². The maximum absolute atomic E-state index is 6.24. The van der Waals surface area contributed by atoms with E-state index in [-0.39, 0.29) is 5.54 Å². The first-order chi connectivity index (χ1) is 10.3. The third-order valence-electron chi connectivity index (χ3n) is 5.32. The molecule has 2 aliphatic heterocycles. The predicted molar refractivity (Wildman–Crippen MR) is 88.2 cm³/mol. The molecule has 0 aromatic heterocycles. The van der Waals surface area contributed by atoms with Gasteiger partial charge >= 0.3 is 0 Å². The summed E-state index contributed by atoms with van der Waals surface area (Å²) in [6.07, 6.45) is 6.72. The van der Waals surface area contributed by atoms with Crippen LogP contribution in [0.15, 0.2) is 30.3 Å². The molecule has 1 atom stereocenters. The molecule has 1 aromatic rings. The highest BCUT2D eigenvalue weighted by Gasteiger charge is 2.41. The number of hydrogen-bond acceptors (Lipinski definition) is 3. The fourth-order valence-corrected chi connectivity index (χ4v) is 4.02. The van der Waals surface area contributed by atoms with Crippen molar-refractivity contribution in [2.75, 3.05) is 32.7 Å². The highest BCUT2D eigenvalue weighted by molar-refractivity contribution is 5.15. The van der Waals surface area contributed by atoms with Gasteiger partial charge in [0.15, 0.2) is 0 Å². The van der Waals surface area contributed by atoms with Gasteiger partial charge in [-0.15, -0.1) is 0 Å². The predicted octanol–water partition coefficient (Wildman–Crippen LogP) is 2.47. The topological polar surface area (TPSA) is 32.5 Å². The lowest BCUT2D eigenvalue weighted by atomic mass is 9.95. The van der Waals surface area contributed by atoms with Crippen LogP contribution in [0.1, 0.15) is 37.7 Å². The van der Waals surface area contributed by atoms with Crippen LogP contribution in [-0.4, -0.2) is 48.1 Å². The SMILES string of the molecule is NCC1(N2CCCCCC2)CCN(Cc2ccccc2)C1. The molecule has 0 spiro atoms. The molecule has 2 aliphatic rings. The van der Waals surface area contributed by atoms with Gasteiger partial charge in [0, 0.05) is 31.7 Å². The Labute approximate surface area is 129 Å². The van der Waals surface area contributed by atoms with Crippen molar-refractivity contribution in [3.05, 3.63) is 35.9 Å². The minimum absolute atomic E-state index is 0.235. The van der Waals surface area contributed by atoms with Crippen molar-refractivity contribution in [2.45, 2.75) is 44.2 Å². The lowest BCUT2D eigenvalue weighted by molar-refractivity contribution is 0.101. The van der Waals surface area contributed by atoms with Gasteiger partial charge in [-0.1, -0.05) is 43.2 Å². The Hall–Kier alpha value is -0.900. The summed E-state index contributed by atoms with van der Waals surface area (Å²) >= 11 is 0. The highest BCUT2D eigenvalue weighted by Crippen LogP contribution is 2.30. The molecular formula is C18H29N3. The second-order valence-electron chi connectivity index (χ2n) is 6.78. The van der Waals surface area contributed by atoms with Crippen LogP contribution in [0.3, 0.4) is 0 Å². The average Bonchev–Trinajstić information content (AvgIpc) is 2.75. The maximum atomic E-state index is 6.24. The van der Waals surface area contributed by atoms with Crippen LogP contribution in [-0.2, 0) is 6.54 Å². The fourth-order valence-electron chi connectivity index (χ4n) is 4.02. The van der Waals surface area contributed by atoms with Gasteiger partial charge in [-0.2, -0.15) is 0 Å². The summed E-state index contributed by atoms with van der Waals surface area (Å²) in [7, 11) is 0. The molecular weight excluding hydrogens is 258 g/mol. The fraction of sp³-hybridized carbons (Fsp3) is 0.667. The van der Waals surface area contributed by atoms with Crippen LogP contribution in [0.2, 0.25) is 0 Å². The van der Waals surface area contributed by atoms with Gasteiger partial charge in [0.2, 0.25) is 0 Å². The molecule has 21 heavy (non-hydrogen) atoms. The summed E-state index contributed by atoms with van der Waals surface area (Å²) in [5, 5.41) is 0. The molecule has 2 saturated heterocycles. The molecule has 2 heterocycles. The summed E-state index contributed by atoms with van der Waals surface area (Å²) in [4.78, 5) is 5.30. The quantitative estimate of drug-likeness (QED) is 0.923. The van der Waals surface area contributed by atoms with Crippen LogP contribution in [0.25, 0.3) is 0 Å². The second kappa shape index (κ2) is 6.91. The molecule has 0 amide bonds. The minimum Gasteiger partial charge on any atom is -0.329 e. The zero-order chi connectivity index (χ0) is 14.5. The van der Waals surface area contributed by atoms with Gasteiger partial charge in [-0.25, -0.2) is 0 Å². The number of benzene rings is 1. The number of nitrogens with zero attached hydrogens (tertiary/aromatic N) is 2. The number of nitrogens with two attached hydrogens (primary N) is 1. The van der Waals surface area contributed by atoms with E-state index in [4.69, 9.17) is 5.73 Å². The molecule has 3 heteroatoms. The Morgan fingerprint density at radius 2 is 1.67 bits per heavy atom. The van der Waals surface area contributed by atoms with Crippen LogP contribution >= 0.6 is 0 Å². The Kier molecular flexibility index (Phi) is 4.94. The van der Waals surface area contributed by atoms with Crippen LogP contribution in [0.4, 0.5) is 0 Å². The van der Waals surface area contributed by atoms with E-state index < -0.39 is 0 Å². The third-order valence-corrected chi connectivity index (χ3v) is 5.32. The van der Waals surface area contributed by atoms with E-state index in [1.807, 2.05) is 0 Å². The number of hydrogen-bond donors (Lipinski definition) is 1. The smallest absolute Gasteiger partial charge is 0.0470 e. The molecule has 0 bridgehead atoms. The molecule has 0 aliphatic carbocycles. The largest absolute Gasteiger partial charge is 0.329 e. The molecule has 116 valence electrons. The molecule has 1 unspecified atom stereocenters. The monoisotopic (exact) mass is 287 g/mol.